The predicted octanol–water partition coefficient (Wildman–Crippen LogP) is 4.24. The number of methoxy groups -OCH3 is 3. The van der Waals surface area contributed by atoms with Crippen molar-refractivity contribution in [2.75, 3.05) is 33.3 Å². The molecule has 0 unspecified atom stereocenters. The number of benzene rings is 2. The van der Waals surface area contributed by atoms with Crippen molar-refractivity contribution in [2.45, 2.75) is 19.3 Å². The molecule has 1 amide bonds. The molecule has 1 aliphatic rings. The molecule has 0 saturated carbocycles. The molecule has 0 bridgehead atoms. The normalized spacial score (nSPS) is 15.6. The Hall–Kier alpha value is -2.60. The van der Waals surface area contributed by atoms with Crippen molar-refractivity contribution in [3.63, 3.8) is 0 Å². The summed E-state index contributed by atoms with van der Waals surface area (Å²) in [7, 11) is 4.66. The monoisotopic (exact) mass is 391 g/mol. The molecule has 0 spiro atoms. The van der Waals surface area contributed by atoms with E-state index in [0.29, 0.717) is 40.3 Å². The molecule has 0 saturated heterocycles. The maximum Gasteiger partial charge on any atom is 0.225 e. The number of fused-ring (bicyclic) bond motifs is 1. The Morgan fingerprint density at radius 1 is 1.07 bits per heavy atom. The van der Waals surface area contributed by atoms with Crippen LogP contribution in [0.2, 0.25) is 5.02 Å². The Labute approximate surface area is 163 Å². The van der Waals surface area contributed by atoms with E-state index >= 15 is 0 Å². The first-order chi connectivity index (χ1) is 13.0. The Morgan fingerprint density at radius 2 is 1.81 bits per heavy atom. The zero-order valence-corrected chi connectivity index (χ0v) is 16.5. The van der Waals surface area contributed by atoms with Gasteiger partial charge in [-0.3, -0.25) is 4.79 Å². The molecule has 2 aromatic rings. The third-order valence-corrected chi connectivity index (χ3v) is 4.83. The molecule has 0 aromatic heterocycles. The van der Waals surface area contributed by atoms with Crippen molar-refractivity contribution in [1.29, 1.82) is 0 Å². The van der Waals surface area contributed by atoms with Gasteiger partial charge < -0.3 is 24.3 Å². The summed E-state index contributed by atoms with van der Waals surface area (Å²) >= 11 is 6.37. The van der Waals surface area contributed by atoms with E-state index in [1.165, 1.54) is 7.11 Å². The molecule has 2 aromatic carbocycles. The van der Waals surface area contributed by atoms with E-state index in [1.54, 1.807) is 20.3 Å². The molecule has 7 heteroatoms. The number of nitrogens with one attached hydrogen (secondary N) is 1. The van der Waals surface area contributed by atoms with Crippen LogP contribution < -0.4 is 24.3 Å². The highest BCUT2D eigenvalue weighted by Gasteiger charge is 2.33. The minimum absolute atomic E-state index is 0.0909. The topological polar surface area (TPSA) is 66.0 Å². The van der Waals surface area contributed by atoms with Crippen molar-refractivity contribution in [2.24, 2.45) is 0 Å². The van der Waals surface area contributed by atoms with Gasteiger partial charge in [-0.05, 0) is 24.6 Å². The van der Waals surface area contributed by atoms with Crippen LogP contribution >= 0.6 is 11.6 Å². The molecular weight excluding hydrogens is 370 g/mol. The first-order valence-electron chi connectivity index (χ1n) is 8.58. The molecule has 0 radical (unpaired) electrons. The second-order valence-electron chi connectivity index (χ2n) is 6.03. The number of halogens is 1. The summed E-state index contributed by atoms with van der Waals surface area (Å²) in [4.78, 5) is 12.3. The van der Waals surface area contributed by atoms with Crippen LogP contribution in [0.5, 0.6) is 23.0 Å². The number of carbonyl (C=O) groups is 1. The van der Waals surface area contributed by atoms with E-state index in [-0.39, 0.29) is 18.2 Å². The fourth-order valence-corrected chi connectivity index (χ4v) is 3.65. The summed E-state index contributed by atoms with van der Waals surface area (Å²) in [6, 6.07) is 7.31. The lowest BCUT2D eigenvalue weighted by atomic mass is 9.83. The average molecular weight is 392 g/mol. The highest BCUT2D eigenvalue weighted by atomic mass is 35.5. The van der Waals surface area contributed by atoms with Gasteiger partial charge in [0, 0.05) is 24.0 Å². The number of ether oxygens (including phenoxy) is 4. The maximum absolute atomic E-state index is 12.3. The van der Waals surface area contributed by atoms with E-state index in [2.05, 4.69) is 5.32 Å². The Kier molecular flexibility index (Phi) is 5.65. The highest BCUT2D eigenvalue weighted by Crippen LogP contribution is 2.51. The lowest BCUT2D eigenvalue weighted by Crippen LogP contribution is -2.24. The van der Waals surface area contributed by atoms with E-state index in [1.807, 2.05) is 25.1 Å². The molecule has 1 N–H and O–H groups in total. The summed E-state index contributed by atoms with van der Waals surface area (Å²) < 4.78 is 22.0. The van der Waals surface area contributed by atoms with Crippen molar-refractivity contribution >= 4 is 23.2 Å². The standard InChI is InChI=1S/C20H22ClNO5/c1-5-27-15-7-6-11(8-13(15)21)12-9-17(23)22-14-10-16(24-2)19(25-3)20(26-4)18(12)14/h6-8,10,12H,5,9H2,1-4H3,(H,22,23)/t12-/m0/s1. The van der Waals surface area contributed by atoms with Gasteiger partial charge in [-0.15, -0.1) is 0 Å². The number of amides is 1. The number of hydrogen-bond acceptors (Lipinski definition) is 5. The number of rotatable bonds is 6. The van der Waals surface area contributed by atoms with Crippen LogP contribution in [0.1, 0.15) is 30.4 Å². The molecular formula is C20H22ClNO5. The molecule has 1 atom stereocenters. The molecule has 0 aliphatic carbocycles. The largest absolute Gasteiger partial charge is 0.493 e. The quantitative estimate of drug-likeness (QED) is 0.797. The van der Waals surface area contributed by atoms with Gasteiger partial charge in [0.25, 0.3) is 0 Å². The summed E-state index contributed by atoms with van der Waals surface area (Å²) in [5.41, 5.74) is 2.36. The third kappa shape index (κ3) is 3.49. The smallest absolute Gasteiger partial charge is 0.225 e. The van der Waals surface area contributed by atoms with Gasteiger partial charge in [0.1, 0.15) is 5.75 Å². The molecule has 3 rings (SSSR count). The van der Waals surface area contributed by atoms with E-state index in [4.69, 9.17) is 30.5 Å². The minimum atomic E-state index is -0.239. The van der Waals surface area contributed by atoms with Crippen LogP contribution in [0.15, 0.2) is 24.3 Å². The second kappa shape index (κ2) is 7.96. The highest BCUT2D eigenvalue weighted by molar-refractivity contribution is 6.32. The van der Waals surface area contributed by atoms with Crippen molar-refractivity contribution in [1.82, 2.24) is 0 Å². The summed E-state index contributed by atoms with van der Waals surface area (Å²) in [6.45, 7) is 2.43. The fourth-order valence-electron chi connectivity index (χ4n) is 3.41. The summed E-state index contributed by atoms with van der Waals surface area (Å²) in [5, 5.41) is 3.40. The zero-order chi connectivity index (χ0) is 19.6. The minimum Gasteiger partial charge on any atom is -0.493 e. The second-order valence-corrected chi connectivity index (χ2v) is 6.44. The van der Waals surface area contributed by atoms with Gasteiger partial charge in [-0.2, -0.15) is 0 Å². The third-order valence-electron chi connectivity index (χ3n) is 4.54. The molecule has 1 aliphatic heterocycles. The lowest BCUT2D eigenvalue weighted by Gasteiger charge is -2.29. The molecule has 144 valence electrons. The first kappa shape index (κ1) is 19.2. The number of carbonyl (C=O) groups excluding carboxylic acids is 1. The van der Waals surface area contributed by atoms with Gasteiger partial charge >= 0.3 is 0 Å². The van der Waals surface area contributed by atoms with E-state index in [0.717, 1.165) is 11.1 Å². The molecule has 6 nitrogen and oxygen atoms in total. The van der Waals surface area contributed by atoms with E-state index < -0.39 is 0 Å². The summed E-state index contributed by atoms with van der Waals surface area (Å²) in [6.07, 6.45) is 0.267. The average Bonchev–Trinajstić information content (AvgIpc) is 2.67. The Bertz CT molecular complexity index is 868. The number of hydrogen-bond donors (Lipinski definition) is 1. The van der Waals surface area contributed by atoms with Gasteiger partial charge in [0.2, 0.25) is 11.7 Å². The lowest BCUT2D eigenvalue weighted by molar-refractivity contribution is -0.116. The van der Waals surface area contributed by atoms with Crippen LogP contribution in [0.25, 0.3) is 0 Å². The molecule has 1 heterocycles. The van der Waals surface area contributed by atoms with Gasteiger partial charge in [-0.25, -0.2) is 0 Å². The predicted molar refractivity (Wildman–Crippen MR) is 104 cm³/mol. The first-order valence-corrected chi connectivity index (χ1v) is 8.96. The van der Waals surface area contributed by atoms with Gasteiger partial charge in [-0.1, -0.05) is 17.7 Å². The van der Waals surface area contributed by atoms with Crippen LogP contribution in [0.3, 0.4) is 0 Å². The Balaban J connectivity index is 2.18. The van der Waals surface area contributed by atoms with Crippen molar-refractivity contribution in [3.05, 3.63) is 40.4 Å². The van der Waals surface area contributed by atoms with Gasteiger partial charge in [0.15, 0.2) is 11.5 Å². The molecule has 0 fully saturated rings. The maximum atomic E-state index is 12.3. The Morgan fingerprint density at radius 3 is 2.41 bits per heavy atom. The van der Waals surface area contributed by atoms with Gasteiger partial charge in [0.05, 0.1) is 38.6 Å². The van der Waals surface area contributed by atoms with Crippen LogP contribution in [0.4, 0.5) is 5.69 Å². The van der Waals surface area contributed by atoms with E-state index in [9.17, 15) is 4.79 Å². The van der Waals surface area contributed by atoms with Crippen molar-refractivity contribution < 1.29 is 23.7 Å². The van der Waals surface area contributed by atoms with Crippen LogP contribution in [0, 0.1) is 0 Å². The zero-order valence-electron chi connectivity index (χ0n) is 15.7. The fraction of sp³-hybridized carbons (Fsp3) is 0.350. The molecule has 27 heavy (non-hydrogen) atoms. The van der Waals surface area contributed by atoms with Crippen LogP contribution in [-0.2, 0) is 4.79 Å². The van der Waals surface area contributed by atoms with Crippen LogP contribution in [-0.4, -0.2) is 33.8 Å². The SMILES string of the molecule is CCOc1ccc([C@@H]2CC(=O)Nc3cc(OC)c(OC)c(OC)c32)cc1Cl. The number of anilines is 1. The van der Waals surface area contributed by atoms with Crippen molar-refractivity contribution in [3.8, 4) is 23.0 Å². The summed E-state index contributed by atoms with van der Waals surface area (Å²) in [5.74, 6) is 1.78.